The number of aromatic nitrogens is 3. The molecule has 0 saturated heterocycles. The first-order valence-corrected chi connectivity index (χ1v) is 4.03. The summed E-state index contributed by atoms with van der Waals surface area (Å²) in [5.41, 5.74) is 0.153. The average molecular weight is 197 g/mol. The van der Waals surface area contributed by atoms with E-state index in [1.807, 2.05) is 0 Å². The predicted octanol–water partition coefficient (Wildman–Crippen LogP) is -1.33. The Kier molecular flexibility index (Phi) is 3.16. The lowest BCUT2D eigenvalue weighted by molar-refractivity contribution is -0.122. The minimum Gasteiger partial charge on any atom is -0.357 e. The van der Waals surface area contributed by atoms with Crippen LogP contribution >= 0.6 is 0 Å². The van der Waals surface area contributed by atoms with Crippen LogP contribution in [0.25, 0.3) is 0 Å². The zero-order valence-corrected chi connectivity index (χ0v) is 7.87. The van der Waals surface area contributed by atoms with Gasteiger partial charge in [0.2, 0.25) is 5.91 Å². The average Bonchev–Trinajstić information content (AvgIpc) is 2.69. The molecule has 1 aromatic rings. The van der Waals surface area contributed by atoms with Crippen molar-refractivity contribution in [1.82, 2.24) is 26.0 Å². The van der Waals surface area contributed by atoms with Crippen molar-refractivity contribution in [1.29, 1.82) is 0 Å². The lowest BCUT2D eigenvalue weighted by atomic mass is 10.3. The van der Waals surface area contributed by atoms with Crippen molar-refractivity contribution in [3.63, 3.8) is 0 Å². The molecule has 76 valence electrons. The standard InChI is InChI=1S/C7H11N5O2/c1-4(6(13)8-2)10-7(14)5-3-9-12-11-5/h3-4H,1-2H3,(H,8,13)(H,10,14)(H,9,11,12). The lowest BCUT2D eigenvalue weighted by Gasteiger charge is -2.10. The number of H-pyrrole nitrogens is 1. The fraction of sp³-hybridized carbons (Fsp3) is 0.429. The van der Waals surface area contributed by atoms with Gasteiger partial charge in [-0.2, -0.15) is 15.4 Å². The molecule has 7 nitrogen and oxygen atoms in total. The zero-order valence-electron chi connectivity index (χ0n) is 7.87. The largest absolute Gasteiger partial charge is 0.357 e. The summed E-state index contributed by atoms with van der Waals surface area (Å²) in [6, 6.07) is -0.593. The molecule has 2 amide bonds. The van der Waals surface area contributed by atoms with E-state index >= 15 is 0 Å². The molecule has 0 spiro atoms. The van der Waals surface area contributed by atoms with E-state index in [-0.39, 0.29) is 11.6 Å². The number of aromatic amines is 1. The summed E-state index contributed by atoms with van der Waals surface area (Å²) in [6.07, 6.45) is 1.28. The summed E-state index contributed by atoms with van der Waals surface area (Å²) in [4.78, 5) is 22.4. The zero-order chi connectivity index (χ0) is 10.6. The second kappa shape index (κ2) is 4.35. The van der Waals surface area contributed by atoms with E-state index in [9.17, 15) is 9.59 Å². The molecule has 3 N–H and O–H groups in total. The molecule has 1 aromatic heterocycles. The van der Waals surface area contributed by atoms with Crippen LogP contribution < -0.4 is 10.6 Å². The van der Waals surface area contributed by atoms with Crippen LogP contribution in [0.2, 0.25) is 0 Å². The fourth-order valence-corrected chi connectivity index (χ4v) is 0.864. The molecule has 0 aromatic carbocycles. The molecule has 0 bridgehead atoms. The van der Waals surface area contributed by atoms with Gasteiger partial charge in [0, 0.05) is 7.05 Å². The van der Waals surface area contributed by atoms with Crippen molar-refractivity contribution in [3.05, 3.63) is 11.9 Å². The maximum atomic E-state index is 11.3. The fourth-order valence-electron chi connectivity index (χ4n) is 0.864. The predicted molar refractivity (Wildman–Crippen MR) is 47.4 cm³/mol. The highest BCUT2D eigenvalue weighted by Crippen LogP contribution is 1.90. The molecule has 7 heteroatoms. The Labute approximate surface area is 80.3 Å². The second-order valence-electron chi connectivity index (χ2n) is 2.66. The Morgan fingerprint density at radius 1 is 1.57 bits per heavy atom. The van der Waals surface area contributed by atoms with Crippen LogP contribution in [0, 0.1) is 0 Å². The third-order valence-corrected chi connectivity index (χ3v) is 1.63. The van der Waals surface area contributed by atoms with Crippen molar-refractivity contribution in [2.24, 2.45) is 0 Å². The van der Waals surface area contributed by atoms with Gasteiger partial charge in [-0.1, -0.05) is 0 Å². The Balaban J connectivity index is 2.53. The van der Waals surface area contributed by atoms with Crippen LogP contribution in [0.5, 0.6) is 0 Å². The van der Waals surface area contributed by atoms with Crippen molar-refractivity contribution >= 4 is 11.8 Å². The van der Waals surface area contributed by atoms with Crippen molar-refractivity contribution in [2.75, 3.05) is 7.05 Å². The highest BCUT2D eigenvalue weighted by atomic mass is 16.2. The van der Waals surface area contributed by atoms with Gasteiger partial charge in [-0.05, 0) is 6.92 Å². The number of hydrogen-bond acceptors (Lipinski definition) is 4. The van der Waals surface area contributed by atoms with Gasteiger partial charge in [0.1, 0.15) is 6.04 Å². The smallest absolute Gasteiger partial charge is 0.274 e. The van der Waals surface area contributed by atoms with E-state index < -0.39 is 11.9 Å². The number of likely N-dealkylation sites (N-methyl/N-ethyl adjacent to an activating group) is 1. The van der Waals surface area contributed by atoms with Gasteiger partial charge in [-0.3, -0.25) is 9.59 Å². The second-order valence-corrected chi connectivity index (χ2v) is 2.66. The first-order valence-electron chi connectivity index (χ1n) is 4.03. The molecule has 0 radical (unpaired) electrons. The van der Waals surface area contributed by atoms with Crippen molar-refractivity contribution in [2.45, 2.75) is 13.0 Å². The molecule has 1 atom stereocenters. The van der Waals surface area contributed by atoms with Gasteiger partial charge < -0.3 is 10.6 Å². The molecular formula is C7H11N5O2. The first kappa shape index (κ1) is 10.2. The Bertz CT molecular complexity index is 321. The monoisotopic (exact) mass is 197 g/mol. The van der Waals surface area contributed by atoms with E-state index in [0.717, 1.165) is 0 Å². The number of hydrogen-bond donors (Lipinski definition) is 3. The summed E-state index contributed by atoms with van der Waals surface area (Å²) >= 11 is 0. The highest BCUT2D eigenvalue weighted by molar-refractivity contribution is 5.95. The SMILES string of the molecule is CNC(=O)C(C)NC(=O)c1cn[nH]n1. The van der Waals surface area contributed by atoms with E-state index in [0.29, 0.717) is 0 Å². The summed E-state index contributed by atoms with van der Waals surface area (Å²) in [7, 11) is 1.50. The Morgan fingerprint density at radius 2 is 2.29 bits per heavy atom. The van der Waals surface area contributed by atoms with Crippen LogP contribution in [0.3, 0.4) is 0 Å². The van der Waals surface area contributed by atoms with E-state index in [4.69, 9.17) is 0 Å². The summed E-state index contributed by atoms with van der Waals surface area (Å²) < 4.78 is 0. The number of nitrogens with one attached hydrogen (secondary N) is 3. The van der Waals surface area contributed by atoms with Crippen molar-refractivity contribution in [3.8, 4) is 0 Å². The summed E-state index contributed by atoms with van der Waals surface area (Å²) in [5.74, 6) is -0.698. The molecular weight excluding hydrogens is 186 g/mol. The van der Waals surface area contributed by atoms with E-state index in [1.165, 1.54) is 13.2 Å². The van der Waals surface area contributed by atoms with Crippen LogP contribution in [0.1, 0.15) is 17.4 Å². The molecule has 1 rings (SSSR count). The third-order valence-electron chi connectivity index (χ3n) is 1.63. The minimum atomic E-state index is -0.593. The maximum absolute atomic E-state index is 11.3. The molecule has 14 heavy (non-hydrogen) atoms. The highest BCUT2D eigenvalue weighted by Gasteiger charge is 2.16. The summed E-state index contributed by atoms with van der Waals surface area (Å²) in [5, 5.41) is 14.2. The minimum absolute atomic E-state index is 0.153. The first-order chi connectivity index (χ1) is 6.65. The number of amides is 2. The lowest BCUT2D eigenvalue weighted by Crippen LogP contribution is -2.43. The van der Waals surface area contributed by atoms with Crippen LogP contribution in [-0.2, 0) is 4.79 Å². The molecule has 0 saturated carbocycles. The van der Waals surface area contributed by atoms with Crippen LogP contribution in [0.15, 0.2) is 6.20 Å². The number of rotatable bonds is 3. The molecule has 1 unspecified atom stereocenters. The molecule has 0 fully saturated rings. The summed E-state index contributed by atoms with van der Waals surface area (Å²) in [6.45, 7) is 1.58. The Hall–Kier alpha value is -1.92. The molecule has 0 aliphatic rings. The number of carbonyl (C=O) groups excluding carboxylic acids is 2. The third kappa shape index (κ3) is 2.28. The van der Waals surface area contributed by atoms with Gasteiger partial charge >= 0.3 is 0 Å². The van der Waals surface area contributed by atoms with Crippen molar-refractivity contribution < 1.29 is 9.59 Å². The normalized spacial score (nSPS) is 11.9. The van der Waals surface area contributed by atoms with Gasteiger partial charge in [-0.25, -0.2) is 0 Å². The van der Waals surface area contributed by atoms with Crippen LogP contribution in [-0.4, -0.2) is 40.3 Å². The molecule has 0 aliphatic carbocycles. The van der Waals surface area contributed by atoms with Crippen LogP contribution in [0.4, 0.5) is 0 Å². The van der Waals surface area contributed by atoms with Gasteiger partial charge in [0.15, 0.2) is 5.69 Å². The quantitative estimate of drug-likeness (QED) is 0.559. The van der Waals surface area contributed by atoms with Gasteiger partial charge in [0.25, 0.3) is 5.91 Å². The maximum Gasteiger partial charge on any atom is 0.274 e. The van der Waals surface area contributed by atoms with E-state index in [1.54, 1.807) is 6.92 Å². The van der Waals surface area contributed by atoms with Gasteiger partial charge in [-0.15, -0.1) is 0 Å². The Morgan fingerprint density at radius 3 is 2.79 bits per heavy atom. The topological polar surface area (TPSA) is 99.8 Å². The van der Waals surface area contributed by atoms with E-state index in [2.05, 4.69) is 26.0 Å². The number of nitrogens with zero attached hydrogens (tertiary/aromatic N) is 2. The van der Waals surface area contributed by atoms with Gasteiger partial charge in [0.05, 0.1) is 6.20 Å². The number of carbonyl (C=O) groups is 2. The molecule has 0 aliphatic heterocycles. The molecule has 1 heterocycles.